The summed E-state index contributed by atoms with van der Waals surface area (Å²) >= 11 is 0. The van der Waals surface area contributed by atoms with Crippen LogP contribution in [0.5, 0.6) is 0 Å². The molecule has 6 heteroatoms. The molecule has 4 rings (SSSR count). The van der Waals surface area contributed by atoms with Crippen molar-refractivity contribution in [2.24, 2.45) is 17.3 Å². The number of hydrogen-bond donors (Lipinski definition) is 3. The molecule has 3 aliphatic carbocycles. The number of fused-ring (bicyclic) bond motifs is 1. The first-order valence-corrected chi connectivity index (χ1v) is 12.5. The van der Waals surface area contributed by atoms with Crippen LogP contribution in [0.1, 0.15) is 111 Å². The van der Waals surface area contributed by atoms with Crippen LogP contribution in [0.2, 0.25) is 0 Å². The van der Waals surface area contributed by atoms with Gasteiger partial charge in [-0.3, -0.25) is 14.4 Å². The molecule has 1 aromatic heterocycles. The van der Waals surface area contributed by atoms with Crippen molar-refractivity contribution in [1.82, 2.24) is 15.6 Å². The van der Waals surface area contributed by atoms with Crippen molar-refractivity contribution in [3.63, 3.8) is 0 Å². The summed E-state index contributed by atoms with van der Waals surface area (Å²) in [6.45, 7) is 8.26. The molecule has 2 fully saturated rings. The maximum absolute atomic E-state index is 13.2. The molecule has 3 aliphatic rings. The summed E-state index contributed by atoms with van der Waals surface area (Å²) in [6.07, 6.45) is 9.62. The van der Waals surface area contributed by atoms with Gasteiger partial charge in [-0.25, -0.2) is 0 Å². The third kappa shape index (κ3) is 5.26. The van der Waals surface area contributed by atoms with E-state index in [1.165, 1.54) is 12.8 Å². The summed E-state index contributed by atoms with van der Waals surface area (Å²) in [5.74, 6) is 1.17. The Bertz CT molecular complexity index is 888. The number of ketones is 1. The Balaban J connectivity index is 1.46. The van der Waals surface area contributed by atoms with Gasteiger partial charge in [0.2, 0.25) is 5.91 Å². The van der Waals surface area contributed by atoms with Crippen molar-refractivity contribution in [1.29, 1.82) is 0 Å². The Hall–Kier alpha value is -2.11. The number of aromatic nitrogens is 1. The van der Waals surface area contributed by atoms with Gasteiger partial charge in [0.05, 0.1) is 0 Å². The molecule has 0 aromatic carbocycles. The Morgan fingerprint density at radius 2 is 1.78 bits per heavy atom. The summed E-state index contributed by atoms with van der Waals surface area (Å²) in [5, 5.41) is 6.21. The van der Waals surface area contributed by atoms with E-state index in [0.29, 0.717) is 35.6 Å². The van der Waals surface area contributed by atoms with E-state index in [9.17, 15) is 14.4 Å². The van der Waals surface area contributed by atoms with Crippen LogP contribution in [0, 0.1) is 24.2 Å². The fraction of sp³-hybridized carbons (Fsp3) is 0.731. The van der Waals surface area contributed by atoms with Crippen LogP contribution in [0.15, 0.2) is 0 Å². The molecular weight excluding hydrogens is 402 g/mol. The maximum Gasteiger partial charge on any atom is 0.268 e. The van der Waals surface area contributed by atoms with Gasteiger partial charge in [-0.2, -0.15) is 0 Å². The quantitative estimate of drug-likeness (QED) is 0.583. The Morgan fingerprint density at radius 3 is 2.44 bits per heavy atom. The van der Waals surface area contributed by atoms with Gasteiger partial charge in [0.15, 0.2) is 5.78 Å². The molecular formula is C26H39N3O3. The smallest absolute Gasteiger partial charge is 0.268 e. The molecule has 2 saturated carbocycles. The van der Waals surface area contributed by atoms with E-state index in [-0.39, 0.29) is 29.1 Å². The molecule has 0 radical (unpaired) electrons. The highest BCUT2D eigenvalue weighted by atomic mass is 16.2. The molecule has 0 spiro atoms. The number of rotatable bonds is 7. The lowest BCUT2D eigenvalue weighted by Gasteiger charge is -2.29. The van der Waals surface area contributed by atoms with Gasteiger partial charge in [0.25, 0.3) is 5.91 Å². The minimum Gasteiger partial charge on any atom is -0.354 e. The molecule has 1 unspecified atom stereocenters. The molecule has 32 heavy (non-hydrogen) atoms. The van der Waals surface area contributed by atoms with E-state index in [2.05, 4.69) is 36.4 Å². The lowest BCUT2D eigenvalue weighted by Crippen LogP contribution is -2.50. The van der Waals surface area contributed by atoms with Crippen molar-refractivity contribution in [3.8, 4) is 0 Å². The number of H-pyrrole nitrogens is 1. The third-order valence-electron chi connectivity index (χ3n) is 7.67. The zero-order valence-electron chi connectivity index (χ0n) is 20.1. The van der Waals surface area contributed by atoms with Crippen LogP contribution in [-0.2, 0) is 11.2 Å². The summed E-state index contributed by atoms with van der Waals surface area (Å²) in [4.78, 5) is 42.3. The van der Waals surface area contributed by atoms with Crippen molar-refractivity contribution in [2.45, 2.75) is 104 Å². The van der Waals surface area contributed by atoms with Gasteiger partial charge in [-0.15, -0.1) is 0 Å². The summed E-state index contributed by atoms with van der Waals surface area (Å²) < 4.78 is 0. The number of carbonyl (C=O) groups excluding carboxylic acids is 3. The summed E-state index contributed by atoms with van der Waals surface area (Å²) in [5.41, 5.74) is 2.55. The predicted molar refractivity (Wildman–Crippen MR) is 125 cm³/mol. The van der Waals surface area contributed by atoms with Gasteiger partial charge >= 0.3 is 0 Å². The zero-order chi connectivity index (χ0) is 23.0. The first-order chi connectivity index (χ1) is 15.1. The molecule has 176 valence electrons. The minimum atomic E-state index is -0.533. The molecule has 1 aromatic rings. The van der Waals surface area contributed by atoms with Gasteiger partial charge in [0, 0.05) is 23.7 Å². The number of Topliss-reactive ketones (excluding diaryl/α,β-unsaturated/α-hetero) is 1. The Morgan fingerprint density at radius 1 is 1.09 bits per heavy atom. The first-order valence-electron chi connectivity index (χ1n) is 12.5. The average molecular weight is 442 g/mol. The maximum atomic E-state index is 13.2. The highest BCUT2D eigenvalue weighted by Crippen LogP contribution is 2.37. The SMILES string of the molecule is Cc1c(C(=O)NC(CCC2CC2)C(=O)NC2CCC(C)CC2)[nH]c2c1C(=O)CC(C)(C)C2. The average Bonchev–Trinajstić information content (AvgIpc) is 3.48. The van der Waals surface area contributed by atoms with E-state index in [4.69, 9.17) is 0 Å². The van der Waals surface area contributed by atoms with Gasteiger partial charge in [0.1, 0.15) is 11.7 Å². The molecule has 3 N–H and O–H groups in total. The molecule has 6 nitrogen and oxygen atoms in total. The zero-order valence-corrected chi connectivity index (χ0v) is 20.1. The largest absolute Gasteiger partial charge is 0.354 e. The van der Waals surface area contributed by atoms with E-state index in [1.54, 1.807) is 0 Å². The van der Waals surface area contributed by atoms with Crippen LogP contribution in [-0.4, -0.2) is 34.7 Å². The predicted octanol–water partition coefficient (Wildman–Crippen LogP) is 4.46. The van der Waals surface area contributed by atoms with Crippen LogP contribution in [0.25, 0.3) is 0 Å². The topological polar surface area (TPSA) is 91.1 Å². The molecule has 1 heterocycles. The third-order valence-corrected chi connectivity index (χ3v) is 7.67. The lowest BCUT2D eigenvalue weighted by atomic mass is 9.75. The highest BCUT2D eigenvalue weighted by molar-refractivity contribution is 6.05. The van der Waals surface area contributed by atoms with Crippen LogP contribution in [0.3, 0.4) is 0 Å². The number of aromatic amines is 1. The van der Waals surface area contributed by atoms with Gasteiger partial charge < -0.3 is 15.6 Å². The van der Waals surface area contributed by atoms with Gasteiger partial charge in [-0.05, 0) is 74.7 Å². The van der Waals surface area contributed by atoms with Gasteiger partial charge in [-0.1, -0.05) is 33.6 Å². The molecule has 1 atom stereocenters. The number of amides is 2. The highest BCUT2D eigenvalue weighted by Gasteiger charge is 2.36. The van der Waals surface area contributed by atoms with Crippen molar-refractivity contribution < 1.29 is 14.4 Å². The fourth-order valence-corrected chi connectivity index (χ4v) is 5.47. The second-order valence-electron chi connectivity index (χ2n) is 11.4. The second-order valence-corrected chi connectivity index (χ2v) is 11.4. The van der Waals surface area contributed by atoms with Crippen molar-refractivity contribution >= 4 is 17.6 Å². The first kappa shape index (κ1) is 23.1. The monoisotopic (exact) mass is 441 g/mol. The molecule has 2 amide bonds. The number of nitrogens with one attached hydrogen (secondary N) is 3. The van der Waals surface area contributed by atoms with Crippen molar-refractivity contribution in [3.05, 3.63) is 22.5 Å². The van der Waals surface area contributed by atoms with E-state index >= 15 is 0 Å². The molecule has 0 saturated heterocycles. The fourth-order valence-electron chi connectivity index (χ4n) is 5.47. The number of hydrogen-bond acceptors (Lipinski definition) is 3. The normalized spacial score (nSPS) is 25.7. The lowest BCUT2D eigenvalue weighted by molar-refractivity contribution is -0.124. The van der Waals surface area contributed by atoms with Crippen LogP contribution >= 0.6 is 0 Å². The molecule has 0 bridgehead atoms. The van der Waals surface area contributed by atoms with E-state index in [0.717, 1.165) is 50.1 Å². The van der Waals surface area contributed by atoms with Crippen molar-refractivity contribution in [2.75, 3.05) is 0 Å². The second kappa shape index (κ2) is 9.03. The van der Waals surface area contributed by atoms with E-state index < -0.39 is 6.04 Å². The standard InChI is InChI=1S/C26H39N3O3/c1-15-5-10-18(11-6-15)27-24(31)19(12-9-17-7-8-17)29-25(32)23-16(2)22-20(28-23)13-26(3,4)14-21(22)30/h15,17-19,28H,5-14H2,1-4H3,(H,27,31)(H,29,32). The Labute approximate surface area is 191 Å². The van der Waals surface area contributed by atoms with E-state index in [1.807, 2.05) is 6.92 Å². The summed E-state index contributed by atoms with van der Waals surface area (Å²) in [7, 11) is 0. The minimum absolute atomic E-state index is 0.0651. The molecule has 0 aliphatic heterocycles. The number of carbonyl (C=O) groups is 3. The summed E-state index contributed by atoms with van der Waals surface area (Å²) in [6, 6.07) is -0.326. The van der Waals surface area contributed by atoms with Crippen LogP contribution < -0.4 is 10.6 Å². The Kier molecular flexibility index (Phi) is 6.51. The van der Waals surface area contributed by atoms with Crippen LogP contribution in [0.4, 0.5) is 0 Å².